The number of benzene rings is 2. The Morgan fingerprint density at radius 1 is 1.21 bits per heavy atom. The summed E-state index contributed by atoms with van der Waals surface area (Å²) in [6.45, 7) is 1.61. The summed E-state index contributed by atoms with van der Waals surface area (Å²) in [6.07, 6.45) is 0.901. The molecule has 1 heterocycles. The highest BCUT2D eigenvalue weighted by atomic mass is 16.6. The quantitative estimate of drug-likeness (QED) is 0.559. The number of anilines is 2. The highest BCUT2D eigenvalue weighted by Gasteiger charge is 2.28. The molecule has 0 bridgehead atoms. The second kappa shape index (κ2) is 8.05. The zero-order chi connectivity index (χ0) is 20.3. The fourth-order valence-corrected chi connectivity index (χ4v) is 3.50. The van der Waals surface area contributed by atoms with Gasteiger partial charge < -0.3 is 19.3 Å². The van der Waals surface area contributed by atoms with Gasteiger partial charge >= 0.3 is 0 Å². The first kappa shape index (κ1) is 19.3. The van der Waals surface area contributed by atoms with Crippen LogP contribution in [0.1, 0.15) is 12.0 Å². The Labute approximate surface area is 163 Å². The molecule has 2 aromatic carbocycles. The summed E-state index contributed by atoms with van der Waals surface area (Å²) in [5, 5.41) is 20.4. The minimum Gasteiger partial charge on any atom is -0.497 e. The van der Waals surface area contributed by atoms with E-state index in [2.05, 4.69) is 11.0 Å². The number of nitro benzene ring substituents is 1. The van der Waals surface area contributed by atoms with Crippen LogP contribution in [0.15, 0.2) is 36.4 Å². The number of hydrogen-bond acceptors (Lipinski definition) is 7. The number of ether oxygens (including phenoxy) is 2. The van der Waals surface area contributed by atoms with Crippen molar-refractivity contribution in [2.24, 2.45) is 0 Å². The maximum atomic E-state index is 11.0. The number of nitriles is 1. The molecule has 3 rings (SSSR count). The molecule has 1 fully saturated rings. The summed E-state index contributed by atoms with van der Waals surface area (Å²) in [6, 6.07) is 12.4. The maximum absolute atomic E-state index is 11.0. The molecule has 0 saturated carbocycles. The van der Waals surface area contributed by atoms with E-state index < -0.39 is 4.92 Å². The lowest BCUT2D eigenvalue weighted by Gasteiger charge is -2.28. The van der Waals surface area contributed by atoms with Crippen LogP contribution in [0.3, 0.4) is 0 Å². The zero-order valence-corrected chi connectivity index (χ0v) is 16.1. The normalized spacial score (nSPS) is 15.8. The van der Waals surface area contributed by atoms with Gasteiger partial charge in [-0.3, -0.25) is 10.1 Å². The molecule has 8 nitrogen and oxygen atoms in total. The molecule has 8 heteroatoms. The largest absolute Gasteiger partial charge is 0.497 e. The van der Waals surface area contributed by atoms with Crippen LogP contribution in [0.4, 0.5) is 17.1 Å². The molecule has 0 aliphatic carbocycles. The lowest BCUT2D eigenvalue weighted by Crippen LogP contribution is -2.35. The van der Waals surface area contributed by atoms with Crippen molar-refractivity contribution in [3.63, 3.8) is 0 Å². The second-order valence-electron chi connectivity index (χ2n) is 6.64. The summed E-state index contributed by atoms with van der Waals surface area (Å²) in [7, 11) is 5.16. The number of methoxy groups -OCH3 is 2. The average Bonchev–Trinajstić information content (AvgIpc) is 3.22. The molecule has 0 aromatic heterocycles. The number of nitrogens with zero attached hydrogens (tertiary/aromatic N) is 4. The topological polar surface area (TPSA) is 91.9 Å². The van der Waals surface area contributed by atoms with Gasteiger partial charge in [-0.15, -0.1) is 0 Å². The standard InChI is InChI=1S/C20H22N4O4/c1-22(20-5-4-15(24(25)26)8-14(20)12-21)16-6-7-23(13-16)17-9-18(27-2)11-19(10-17)28-3/h4-5,8-11,16H,6-7,13H2,1-3H3. The van der Waals surface area contributed by atoms with Gasteiger partial charge in [-0.1, -0.05) is 0 Å². The molecular weight excluding hydrogens is 360 g/mol. The number of rotatable bonds is 6. The third-order valence-electron chi connectivity index (χ3n) is 5.10. The summed E-state index contributed by atoms with van der Waals surface area (Å²) >= 11 is 0. The van der Waals surface area contributed by atoms with Gasteiger partial charge in [0.05, 0.1) is 30.4 Å². The highest BCUT2D eigenvalue weighted by molar-refractivity contribution is 5.64. The van der Waals surface area contributed by atoms with Crippen molar-refractivity contribution in [3.8, 4) is 17.6 Å². The van der Waals surface area contributed by atoms with E-state index in [1.54, 1.807) is 20.3 Å². The van der Waals surface area contributed by atoms with E-state index in [1.807, 2.05) is 30.1 Å². The summed E-state index contributed by atoms with van der Waals surface area (Å²) in [5.74, 6) is 1.46. The van der Waals surface area contributed by atoms with E-state index in [1.165, 1.54) is 12.1 Å². The zero-order valence-electron chi connectivity index (χ0n) is 16.1. The van der Waals surface area contributed by atoms with E-state index in [9.17, 15) is 15.4 Å². The molecule has 0 N–H and O–H groups in total. The van der Waals surface area contributed by atoms with Gasteiger partial charge in [0.2, 0.25) is 0 Å². The first-order valence-electron chi connectivity index (χ1n) is 8.86. The van der Waals surface area contributed by atoms with Crippen molar-refractivity contribution < 1.29 is 14.4 Å². The minimum atomic E-state index is -0.488. The van der Waals surface area contributed by atoms with Crippen molar-refractivity contribution in [2.45, 2.75) is 12.5 Å². The van der Waals surface area contributed by atoms with Crippen molar-refractivity contribution in [1.82, 2.24) is 0 Å². The molecule has 28 heavy (non-hydrogen) atoms. The third-order valence-corrected chi connectivity index (χ3v) is 5.10. The van der Waals surface area contributed by atoms with Crippen LogP contribution in [0.5, 0.6) is 11.5 Å². The number of hydrogen-bond donors (Lipinski definition) is 0. The van der Waals surface area contributed by atoms with Crippen molar-refractivity contribution in [3.05, 3.63) is 52.1 Å². The molecule has 1 unspecified atom stereocenters. The van der Waals surface area contributed by atoms with Crippen LogP contribution < -0.4 is 19.3 Å². The molecule has 2 aromatic rings. The Morgan fingerprint density at radius 2 is 1.89 bits per heavy atom. The molecule has 1 aliphatic rings. The van der Waals surface area contributed by atoms with Gasteiger partial charge in [0.1, 0.15) is 17.6 Å². The average molecular weight is 382 g/mol. The minimum absolute atomic E-state index is 0.0785. The van der Waals surface area contributed by atoms with Crippen LogP contribution in [0, 0.1) is 21.4 Å². The number of non-ortho nitro benzene ring substituents is 1. The van der Waals surface area contributed by atoms with E-state index in [0.29, 0.717) is 11.3 Å². The molecule has 1 atom stereocenters. The van der Waals surface area contributed by atoms with Crippen LogP contribution in [0.25, 0.3) is 0 Å². The fraction of sp³-hybridized carbons (Fsp3) is 0.350. The summed E-state index contributed by atoms with van der Waals surface area (Å²) < 4.78 is 10.7. The van der Waals surface area contributed by atoms with Crippen molar-refractivity contribution in [1.29, 1.82) is 5.26 Å². The van der Waals surface area contributed by atoms with Gasteiger partial charge in [-0.2, -0.15) is 5.26 Å². The monoisotopic (exact) mass is 382 g/mol. The predicted octanol–water partition coefficient (Wildman–Crippen LogP) is 3.20. The van der Waals surface area contributed by atoms with Crippen LogP contribution in [-0.4, -0.2) is 45.3 Å². The number of likely N-dealkylation sites (N-methyl/N-ethyl adjacent to an activating group) is 1. The fourth-order valence-electron chi connectivity index (χ4n) is 3.50. The van der Waals surface area contributed by atoms with E-state index >= 15 is 0 Å². The van der Waals surface area contributed by atoms with Crippen molar-refractivity contribution in [2.75, 3.05) is 44.2 Å². The molecule has 146 valence electrons. The van der Waals surface area contributed by atoms with Gasteiger partial charge in [0.25, 0.3) is 5.69 Å². The maximum Gasteiger partial charge on any atom is 0.270 e. The predicted molar refractivity (Wildman–Crippen MR) is 106 cm³/mol. The van der Waals surface area contributed by atoms with Gasteiger partial charge in [-0.25, -0.2) is 0 Å². The molecular formula is C20H22N4O4. The molecule has 0 spiro atoms. The first-order chi connectivity index (χ1) is 13.5. The molecule has 1 aliphatic heterocycles. The lowest BCUT2D eigenvalue weighted by molar-refractivity contribution is -0.384. The smallest absolute Gasteiger partial charge is 0.270 e. The summed E-state index contributed by atoms with van der Waals surface area (Å²) in [4.78, 5) is 14.7. The Bertz CT molecular complexity index is 903. The SMILES string of the molecule is COc1cc(OC)cc(N2CCC(N(C)c3ccc([N+](=O)[O-])cc3C#N)C2)c1. The Kier molecular flexibility index (Phi) is 5.54. The second-order valence-corrected chi connectivity index (χ2v) is 6.64. The Balaban J connectivity index is 1.81. The van der Waals surface area contributed by atoms with Crippen LogP contribution in [-0.2, 0) is 0 Å². The Morgan fingerprint density at radius 3 is 2.46 bits per heavy atom. The van der Waals surface area contributed by atoms with Crippen LogP contribution >= 0.6 is 0 Å². The lowest BCUT2D eigenvalue weighted by atomic mass is 10.1. The molecule has 0 amide bonds. The molecule has 0 radical (unpaired) electrons. The van der Waals surface area contributed by atoms with E-state index in [-0.39, 0.29) is 11.7 Å². The third kappa shape index (κ3) is 3.78. The molecule has 1 saturated heterocycles. The number of nitro groups is 1. The summed E-state index contributed by atoms with van der Waals surface area (Å²) in [5.41, 5.74) is 1.93. The van der Waals surface area contributed by atoms with Gasteiger partial charge in [0, 0.05) is 62.2 Å². The van der Waals surface area contributed by atoms with E-state index in [4.69, 9.17) is 9.47 Å². The van der Waals surface area contributed by atoms with Gasteiger partial charge in [-0.05, 0) is 12.5 Å². The van der Waals surface area contributed by atoms with Crippen LogP contribution in [0.2, 0.25) is 0 Å². The van der Waals surface area contributed by atoms with Gasteiger partial charge in [0.15, 0.2) is 0 Å². The highest BCUT2D eigenvalue weighted by Crippen LogP contribution is 2.33. The first-order valence-corrected chi connectivity index (χ1v) is 8.86. The van der Waals surface area contributed by atoms with E-state index in [0.717, 1.165) is 36.7 Å². The Hall–Kier alpha value is -3.47. The van der Waals surface area contributed by atoms with Crippen molar-refractivity contribution >= 4 is 17.1 Å².